The lowest BCUT2D eigenvalue weighted by atomic mass is 10.1. The van der Waals surface area contributed by atoms with Crippen molar-refractivity contribution in [2.24, 2.45) is 0 Å². The number of imidazole rings is 1. The minimum atomic E-state index is -5.00. The molecule has 2 N–H and O–H groups in total. The van der Waals surface area contributed by atoms with E-state index in [0.29, 0.717) is 9.59 Å². The number of halogens is 7. The maximum atomic E-state index is 14.5. The summed E-state index contributed by atoms with van der Waals surface area (Å²) in [6.07, 6.45) is -9.08. The van der Waals surface area contributed by atoms with Crippen molar-refractivity contribution in [1.82, 2.24) is 23.9 Å². The second-order valence-corrected chi connectivity index (χ2v) is 9.48. The number of alkyl halides is 3. The summed E-state index contributed by atoms with van der Waals surface area (Å²) in [6.45, 7) is -0.233. The SMILES string of the molecule is CC(O)c1nc(Cn2c(Cl)c(-c3ccc(Cl)cc3)n(CC(O)C(F)(F)F)c2=O)nn1-c1cc(Cl)ccc1F. The highest BCUT2D eigenvalue weighted by Crippen LogP contribution is 2.31. The van der Waals surface area contributed by atoms with Gasteiger partial charge in [0.15, 0.2) is 17.8 Å². The zero-order chi connectivity index (χ0) is 27.9. The smallest absolute Gasteiger partial charge is 0.385 e. The number of hydrogen-bond acceptors (Lipinski definition) is 5. The summed E-state index contributed by atoms with van der Waals surface area (Å²) in [5.74, 6) is -0.920. The molecule has 0 aliphatic rings. The molecule has 38 heavy (non-hydrogen) atoms. The van der Waals surface area contributed by atoms with E-state index in [2.05, 4.69) is 10.1 Å². The van der Waals surface area contributed by atoms with Crippen molar-refractivity contribution in [3.63, 3.8) is 0 Å². The highest BCUT2D eigenvalue weighted by atomic mass is 35.5. The average molecular weight is 595 g/mol. The normalized spacial score (nSPS) is 13.6. The molecule has 0 amide bonds. The molecular weight excluding hydrogens is 577 g/mol. The van der Waals surface area contributed by atoms with Gasteiger partial charge >= 0.3 is 11.9 Å². The number of aromatic nitrogens is 5. The predicted molar refractivity (Wildman–Crippen MR) is 132 cm³/mol. The molecule has 2 aromatic heterocycles. The van der Waals surface area contributed by atoms with Gasteiger partial charge in [-0.15, -0.1) is 5.10 Å². The fourth-order valence-electron chi connectivity index (χ4n) is 3.70. The topological polar surface area (TPSA) is 98.1 Å². The molecule has 0 aliphatic carbocycles. The number of hydrogen-bond donors (Lipinski definition) is 2. The minimum Gasteiger partial charge on any atom is -0.385 e. The van der Waals surface area contributed by atoms with Crippen LogP contribution >= 0.6 is 34.8 Å². The van der Waals surface area contributed by atoms with Crippen LogP contribution in [0.4, 0.5) is 17.6 Å². The van der Waals surface area contributed by atoms with Crippen molar-refractivity contribution < 1.29 is 27.8 Å². The molecule has 0 saturated heterocycles. The number of benzene rings is 2. The first-order valence-electron chi connectivity index (χ1n) is 10.9. The van der Waals surface area contributed by atoms with Crippen molar-refractivity contribution in [1.29, 1.82) is 0 Å². The summed E-state index contributed by atoms with van der Waals surface area (Å²) in [4.78, 5) is 17.4. The van der Waals surface area contributed by atoms with Crippen LogP contribution in [0, 0.1) is 5.82 Å². The van der Waals surface area contributed by atoms with Crippen LogP contribution in [-0.4, -0.2) is 46.4 Å². The Morgan fingerprint density at radius 3 is 2.24 bits per heavy atom. The first-order chi connectivity index (χ1) is 17.8. The van der Waals surface area contributed by atoms with Gasteiger partial charge in [-0.25, -0.2) is 18.9 Å². The lowest BCUT2D eigenvalue weighted by Crippen LogP contribution is -2.37. The number of nitrogens with zero attached hydrogens (tertiary/aromatic N) is 5. The summed E-state index contributed by atoms with van der Waals surface area (Å²) in [5, 5.41) is 24.3. The first kappa shape index (κ1) is 28.1. The molecule has 8 nitrogen and oxygen atoms in total. The maximum Gasteiger partial charge on any atom is 0.416 e. The third kappa shape index (κ3) is 5.59. The van der Waals surface area contributed by atoms with Gasteiger partial charge in [-0.3, -0.25) is 9.13 Å². The van der Waals surface area contributed by atoms with Crippen molar-refractivity contribution >= 4 is 34.8 Å². The molecule has 2 heterocycles. The molecule has 202 valence electrons. The van der Waals surface area contributed by atoms with Crippen LogP contribution in [0.2, 0.25) is 15.2 Å². The maximum absolute atomic E-state index is 14.5. The Morgan fingerprint density at radius 1 is 1.00 bits per heavy atom. The fraction of sp³-hybridized carbons (Fsp3) is 0.261. The van der Waals surface area contributed by atoms with Crippen molar-refractivity contribution in [2.75, 3.05) is 0 Å². The second-order valence-electron chi connectivity index (χ2n) is 8.25. The second kappa shape index (κ2) is 10.7. The Bertz CT molecular complexity index is 1530. The van der Waals surface area contributed by atoms with Crippen LogP contribution in [-0.2, 0) is 13.1 Å². The van der Waals surface area contributed by atoms with E-state index < -0.39 is 43.0 Å². The molecule has 0 radical (unpaired) electrons. The number of rotatable bonds is 7. The van der Waals surface area contributed by atoms with E-state index in [0.717, 1.165) is 15.3 Å². The van der Waals surface area contributed by atoms with Gasteiger partial charge in [0.25, 0.3) is 0 Å². The fourth-order valence-corrected chi connectivity index (χ4v) is 4.34. The molecule has 4 rings (SSSR count). The van der Waals surface area contributed by atoms with E-state index >= 15 is 0 Å². The van der Waals surface area contributed by atoms with Crippen LogP contribution in [0.25, 0.3) is 16.9 Å². The standard InChI is InChI=1S/C23H18Cl3F4N5O3/c1-11(36)21-31-18(32-35(21)16-8-14(25)6-7-15(16)27)10-34-20(26)19(12-2-4-13(24)5-3-12)33(22(34)38)9-17(37)23(28,29)30/h2-8,11,17,36-37H,9-10H2,1H3. The van der Waals surface area contributed by atoms with E-state index in [9.17, 15) is 32.6 Å². The van der Waals surface area contributed by atoms with Gasteiger partial charge in [-0.05, 0) is 37.3 Å². The zero-order valence-electron chi connectivity index (χ0n) is 19.3. The minimum absolute atomic E-state index is 0.0878. The first-order valence-corrected chi connectivity index (χ1v) is 12.0. The lowest BCUT2D eigenvalue weighted by Gasteiger charge is -2.16. The van der Waals surface area contributed by atoms with Crippen LogP contribution in [0.5, 0.6) is 0 Å². The summed E-state index contributed by atoms with van der Waals surface area (Å²) in [7, 11) is 0. The van der Waals surface area contributed by atoms with Crippen molar-refractivity contribution in [3.8, 4) is 16.9 Å². The molecule has 2 unspecified atom stereocenters. The molecule has 0 saturated carbocycles. The third-order valence-corrected chi connectivity index (χ3v) is 6.37. The zero-order valence-corrected chi connectivity index (χ0v) is 21.6. The van der Waals surface area contributed by atoms with Crippen molar-refractivity contribution in [2.45, 2.75) is 38.4 Å². The van der Waals surface area contributed by atoms with E-state index in [4.69, 9.17) is 34.8 Å². The Hall–Kier alpha value is -2.90. The summed E-state index contributed by atoms with van der Waals surface area (Å²) in [5.41, 5.74) is -0.966. The van der Waals surface area contributed by atoms with Gasteiger partial charge in [0.2, 0.25) is 0 Å². The van der Waals surface area contributed by atoms with Gasteiger partial charge in [-0.2, -0.15) is 13.2 Å². The predicted octanol–water partition coefficient (Wildman–Crippen LogP) is 5.02. The molecule has 2 aromatic carbocycles. The van der Waals surface area contributed by atoms with E-state index in [1.54, 1.807) is 0 Å². The molecule has 15 heteroatoms. The molecule has 0 spiro atoms. The van der Waals surface area contributed by atoms with Crippen LogP contribution in [0.3, 0.4) is 0 Å². The summed E-state index contributed by atoms with van der Waals surface area (Å²) in [6, 6.07) is 9.48. The Kier molecular flexibility index (Phi) is 7.91. The lowest BCUT2D eigenvalue weighted by molar-refractivity contribution is -0.207. The Labute approximate surface area is 227 Å². The molecule has 2 atom stereocenters. The summed E-state index contributed by atoms with van der Waals surface area (Å²) < 4.78 is 56.5. The van der Waals surface area contributed by atoms with Gasteiger partial charge in [0.1, 0.15) is 22.8 Å². The highest BCUT2D eigenvalue weighted by molar-refractivity contribution is 6.32. The van der Waals surface area contributed by atoms with Gasteiger partial charge in [0, 0.05) is 15.6 Å². The number of aliphatic hydroxyl groups excluding tert-OH is 2. The molecule has 4 aromatic rings. The Morgan fingerprint density at radius 2 is 1.63 bits per heavy atom. The van der Waals surface area contributed by atoms with Crippen LogP contribution in [0.1, 0.15) is 24.7 Å². The van der Waals surface area contributed by atoms with Gasteiger partial charge < -0.3 is 10.2 Å². The van der Waals surface area contributed by atoms with E-state index in [-0.39, 0.29) is 38.8 Å². The highest BCUT2D eigenvalue weighted by Gasteiger charge is 2.39. The number of aliphatic hydroxyl groups is 2. The van der Waals surface area contributed by atoms with E-state index in [1.807, 2.05) is 0 Å². The quantitative estimate of drug-likeness (QED) is 0.293. The molecule has 0 bridgehead atoms. The average Bonchev–Trinajstić information content (AvgIpc) is 3.36. The molecule has 0 aliphatic heterocycles. The van der Waals surface area contributed by atoms with Gasteiger partial charge in [0.05, 0.1) is 18.8 Å². The van der Waals surface area contributed by atoms with Crippen LogP contribution in [0.15, 0.2) is 47.3 Å². The third-order valence-electron chi connectivity index (χ3n) is 5.50. The molecule has 0 fully saturated rings. The van der Waals surface area contributed by atoms with Gasteiger partial charge in [-0.1, -0.05) is 46.9 Å². The molecular formula is C23H18Cl3F4N5O3. The van der Waals surface area contributed by atoms with Crippen molar-refractivity contribution in [3.05, 3.63) is 85.6 Å². The Balaban J connectivity index is 1.84. The monoisotopic (exact) mass is 593 g/mol. The largest absolute Gasteiger partial charge is 0.416 e. The van der Waals surface area contributed by atoms with E-state index in [1.165, 1.54) is 43.3 Å². The van der Waals surface area contributed by atoms with Crippen LogP contribution < -0.4 is 5.69 Å². The summed E-state index contributed by atoms with van der Waals surface area (Å²) >= 11 is 18.4.